The standard InChI is InChI=1S/C6H11NO4S/c1-12-3-4(6(10)11)7-2-5(8)9/h4,7H,2-3H2,1H3,(H,8,9)(H,10,11)/t4-/m0/s1. The van der Waals surface area contributed by atoms with E-state index in [0.29, 0.717) is 5.75 Å². The molecule has 0 unspecified atom stereocenters. The highest BCUT2D eigenvalue weighted by molar-refractivity contribution is 7.98. The van der Waals surface area contributed by atoms with Crippen LogP contribution in [-0.4, -0.2) is 46.7 Å². The van der Waals surface area contributed by atoms with Crippen LogP contribution in [-0.2, 0) is 9.59 Å². The summed E-state index contributed by atoms with van der Waals surface area (Å²) < 4.78 is 0. The van der Waals surface area contributed by atoms with Gasteiger partial charge in [-0.05, 0) is 6.26 Å². The summed E-state index contributed by atoms with van der Waals surface area (Å²) in [5, 5.41) is 19.2. The van der Waals surface area contributed by atoms with Gasteiger partial charge >= 0.3 is 11.9 Å². The van der Waals surface area contributed by atoms with E-state index >= 15 is 0 Å². The van der Waals surface area contributed by atoms with Crippen molar-refractivity contribution in [2.24, 2.45) is 0 Å². The smallest absolute Gasteiger partial charge is 0.321 e. The molecule has 3 N–H and O–H groups in total. The average Bonchev–Trinajstić information content (AvgIpc) is 1.96. The Labute approximate surface area is 74.1 Å². The largest absolute Gasteiger partial charge is 0.480 e. The lowest BCUT2D eigenvalue weighted by atomic mass is 10.3. The predicted molar refractivity (Wildman–Crippen MR) is 45.4 cm³/mol. The molecule has 0 aliphatic rings. The molecule has 0 saturated carbocycles. The zero-order valence-corrected chi connectivity index (χ0v) is 7.43. The average molecular weight is 193 g/mol. The molecule has 0 aromatic rings. The monoisotopic (exact) mass is 193 g/mol. The molecule has 0 aliphatic carbocycles. The van der Waals surface area contributed by atoms with Gasteiger partial charge in [0.1, 0.15) is 6.04 Å². The molecule has 6 heteroatoms. The first-order chi connectivity index (χ1) is 5.57. The molecule has 12 heavy (non-hydrogen) atoms. The second-order valence-electron chi connectivity index (χ2n) is 2.12. The maximum atomic E-state index is 10.4. The fourth-order valence-corrected chi connectivity index (χ4v) is 1.19. The molecule has 0 amide bonds. The molecule has 0 rings (SSSR count). The van der Waals surface area contributed by atoms with Crippen molar-refractivity contribution in [2.45, 2.75) is 6.04 Å². The van der Waals surface area contributed by atoms with Crippen LogP contribution in [0.15, 0.2) is 0 Å². The third kappa shape index (κ3) is 4.97. The van der Waals surface area contributed by atoms with Crippen molar-refractivity contribution in [3.8, 4) is 0 Å². The van der Waals surface area contributed by atoms with Crippen LogP contribution in [0.5, 0.6) is 0 Å². The lowest BCUT2D eigenvalue weighted by molar-refractivity contribution is -0.139. The number of rotatable bonds is 6. The van der Waals surface area contributed by atoms with Gasteiger partial charge < -0.3 is 10.2 Å². The lowest BCUT2D eigenvalue weighted by Gasteiger charge is -2.10. The number of nitrogens with one attached hydrogen (secondary N) is 1. The molecule has 0 heterocycles. The summed E-state index contributed by atoms with van der Waals surface area (Å²) in [4.78, 5) is 20.5. The summed E-state index contributed by atoms with van der Waals surface area (Å²) in [7, 11) is 0. The quantitative estimate of drug-likeness (QED) is 0.526. The van der Waals surface area contributed by atoms with E-state index in [0.717, 1.165) is 0 Å². The molecule has 0 spiro atoms. The van der Waals surface area contributed by atoms with E-state index in [-0.39, 0.29) is 6.54 Å². The van der Waals surface area contributed by atoms with Gasteiger partial charge in [0.05, 0.1) is 6.54 Å². The summed E-state index contributed by atoms with van der Waals surface area (Å²) in [5.41, 5.74) is 0. The maximum Gasteiger partial charge on any atom is 0.321 e. The second-order valence-corrected chi connectivity index (χ2v) is 3.03. The van der Waals surface area contributed by atoms with E-state index in [1.165, 1.54) is 11.8 Å². The van der Waals surface area contributed by atoms with Gasteiger partial charge in [-0.15, -0.1) is 0 Å². The number of thioether (sulfide) groups is 1. The van der Waals surface area contributed by atoms with Crippen LogP contribution in [0, 0.1) is 0 Å². The minimum atomic E-state index is -1.05. The Kier molecular flexibility index (Phi) is 5.48. The van der Waals surface area contributed by atoms with Gasteiger partial charge in [-0.25, -0.2) is 0 Å². The van der Waals surface area contributed by atoms with Crippen molar-refractivity contribution in [2.75, 3.05) is 18.6 Å². The number of carboxylic acids is 2. The molecule has 0 aromatic heterocycles. The maximum absolute atomic E-state index is 10.4. The van der Waals surface area contributed by atoms with Crippen molar-refractivity contribution in [1.29, 1.82) is 0 Å². The summed E-state index contributed by atoms with van der Waals surface area (Å²) in [5.74, 6) is -1.71. The van der Waals surface area contributed by atoms with E-state index < -0.39 is 18.0 Å². The van der Waals surface area contributed by atoms with Crippen LogP contribution in [0.2, 0.25) is 0 Å². The van der Waals surface area contributed by atoms with Crippen molar-refractivity contribution in [1.82, 2.24) is 5.32 Å². The van der Waals surface area contributed by atoms with Crippen molar-refractivity contribution >= 4 is 23.7 Å². The lowest BCUT2D eigenvalue weighted by Crippen LogP contribution is -2.41. The highest BCUT2D eigenvalue weighted by atomic mass is 32.2. The van der Waals surface area contributed by atoms with Crippen LogP contribution in [0.4, 0.5) is 0 Å². The van der Waals surface area contributed by atoms with Gasteiger partial charge in [0.25, 0.3) is 0 Å². The van der Waals surface area contributed by atoms with Gasteiger partial charge in [0, 0.05) is 5.75 Å². The topological polar surface area (TPSA) is 86.6 Å². The first-order valence-corrected chi connectivity index (χ1v) is 4.64. The zero-order chi connectivity index (χ0) is 9.56. The third-order valence-corrected chi connectivity index (χ3v) is 1.80. The molecule has 0 aromatic carbocycles. The predicted octanol–water partition coefficient (Wildman–Crippen LogP) is -0.523. The third-order valence-electron chi connectivity index (χ3n) is 1.13. The molecule has 0 bridgehead atoms. The summed E-state index contributed by atoms with van der Waals surface area (Å²) >= 11 is 1.35. The van der Waals surface area contributed by atoms with Crippen LogP contribution in [0.3, 0.4) is 0 Å². The van der Waals surface area contributed by atoms with E-state index in [1.807, 2.05) is 0 Å². The van der Waals surface area contributed by atoms with Gasteiger partial charge in [0.2, 0.25) is 0 Å². The molecule has 0 aliphatic heterocycles. The highest BCUT2D eigenvalue weighted by Gasteiger charge is 2.16. The van der Waals surface area contributed by atoms with Gasteiger partial charge in [-0.3, -0.25) is 14.9 Å². The minimum Gasteiger partial charge on any atom is -0.480 e. The molecule has 5 nitrogen and oxygen atoms in total. The number of hydrogen-bond acceptors (Lipinski definition) is 4. The van der Waals surface area contributed by atoms with Crippen molar-refractivity contribution in [3.05, 3.63) is 0 Å². The minimum absolute atomic E-state index is 0.322. The molecule has 0 radical (unpaired) electrons. The van der Waals surface area contributed by atoms with Crippen LogP contribution < -0.4 is 5.32 Å². The SMILES string of the molecule is CSC[C@H](NCC(=O)O)C(=O)O. The number of carboxylic acid groups (broad SMARTS) is 2. The Bertz CT molecular complexity index is 173. The Morgan fingerprint density at radius 1 is 1.50 bits per heavy atom. The number of hydrogen-bond donors (Lipinski definition) is 3. The summed E-state index contributed by atoms with van der Waals surface area (Å²) in [6, 6.07) is -0.781. The Balaban J connectivity index is 3.79. The summed E-state index contributed by atoms with van der Waals surface area (Å²) in [6.07, 6.45) is 1.76. The molecular formula is C6H11NO4S. The molecule has 70 valence electrons. The van der Waals surface area contributed by atoms with Crippen molar-refractivity contribution < 1.29 is 19.8 Å². The number of aliphatic carboxylic acids is 2. The Hall–Kier alpha value is -0.750. The van der Waals surface area contributed by atoms with Crippen LogP contribution in [0.25, 0.3) is 0 Å². The molecule has 0 saturated heterocycles. The Morgan fingerprint density at radius 3 is 2.42 bits per heavy atom. The van der Waals surface area contributed by atoms with Gasteiger partial charge in [0.15, 0.2) is 0 Å². The van der Waals surface area contributed by atoms with Crippen LogP contribution in [0.1, 0.15) is 0 Å². The fourth-order valence-electron chi connectivity index (χ4n) is 0.595. The molecule has 1 atom stereocenters. The number of carbonyl (C=O) groups is 2. The van der Waals surface area contributed by atoms with E-state index in [1.54, 1.807) is 6.26 Å². The highest BCUT2D eigenvalue weighted by Crippen LogP contribution is 1.96. The second kappa shape index (κ2) is 5.84. The molecular weight excluding hydrogens is 182 g/mol. The van der Waals surface area contributed by atoms with Gasteiger partial charge in [-0.1, -0.05) is 0 Å². The van der Waals surface area contributed by atoms with E-state index in [2.05, 4.69) is 5.32 Å². The molecule has 0 fully saturated rings. The van der Waals surface area contributed by atoms with E-state index in [4.69, 9.17) is 10.2 Å². The van der Waals surface area contributed by atoms with Crippen LogP contribution >= 0.6 is 11.8 Å². The Morgan fingerprint density at radius 2 is 2.08 bits per heavy atom. The van der Waals surface area contributed by atoms with E-state index in [9.17, 15) is 9.59 Å². The fraction of sp³-hybridized carbons (Fsp3) is 0.667. The van der Waals surface area contributed by atoms with Crippen molar-refractivity contribution in [3.63, 3.8) is 0 Å². The zero-order valence-electron chi connectivity index (χ0n) is 6.61. The summed E-state index contributed by atoms with van der Waals surface area (Å²) in [6.45, 7) is -0.322. The normalized spacial score (nSPS) is 12.4. The van der Waals surface area contributed by atoms with Gasteiger partial charge in [-0.2, -0.15) is 11.8 Å². The first kappa shape index (κ1) is 11.2. The first-order valence-electron chi connectivity index (χ1n) is 3.25.